The second-order valence-electron chi connectivity index (χ2n) is 18.8. The maximum absolute atomic E-state index is 3.80. The highest BCUT2D eigenvalue weighted by molar-refractivity contribution is 4.85. The lowest BCUT2D eigenvalue weighted by atomic mass is 10.0. The van der Waals surface area contributed by atoms with Gasteiger partial charge in [0.15, 0.2) is 0 Å². The molecule has 0 amide bonds. The molecular formula is C40H86N8. The van der Waals surface area contributed by atoms with Gasteiger partial charge in [0.1, 0.15) is 0 Å². The smallest absolute Gasteiger partial charge is 0.0192 e. The fourth-order valence-electron chi connectivity index (χ4n) is 6.72. The van der Waals surface area contributed by atoms with E-state index in [1.54, 1.807) is 0 Å². The third kappa shape index (κ3) is 18.6. The average Bonchev–Trinajstić information content (AvgIpc) is 3.36. The first-order valence-electron chi connectivity index (χ1n) is 19.5. The van der Waals surface area contributed by atoms with Crippen LogP contribution < -0.4 is 5.32 Å². The second kappa shape index (κ2) is 21.1. The summed E-state index contributed by atoms with van der Waals surface area (Å²) in [5, 5.41) is 3.35. The lowest BCUT2D eigenvalue weighted by Gasteiger charge is -2.44. The second-order valence-corrected chi connectivity index (χ2v) is 18.8. The summed E-state index contributed by atoms with van der Waals surface area (Å²) in [5.41, 5.74) is 1.38. The van der Waals surface area contributed by atoms with E-state index in [2.05, 4.69) is 150 Å². The van der Waals surface area contributed by atoms with Gasteiger partial charge in [0, 0.05) is 107 Å². The minimum Gasteiger partial charge on any atom is -0.314 e. The van der Waals surface area contributed by atoms with Crippen molar-refractivity contribution in [2.24, 2.45) is 0 Å². The first-order chi connectivity index (χ1) is 22.1. The number of rotatable bonds is 2. The van der Waals surface area contributed by atoms with E-state index in [0.29, 0.717) is 28.2 Å². The van der Waals surface area contributed by atoms with Gasteiger partial charge in [-0.2, -0.15) is 0 Å². The number of nitrogens with one attached hydrogen (secondary N) is 1. The fraction of sp³-hybridized carbons (Fsp3) is 0.950. The molecule has 4 aliphatic heterocycles. The van der Waals surface area contributed by atoms with Crippen LogP contribution in [0, 0.1) is 0 Å². The molecule has 48 heavy (non-hydrogen) atoms. The molecule has 4 saturated heterocycles. The summed E-state index contributed by atoms with van der Waals surface area (Å²) < 4.78 is 0. The number of hydrogen-bond acceptors (Lipinski definition) is 8. The van der Waals surface area contributed by atoms with Crippen LogP contribution in [0.1, 0.15) is 103 Å². The molecule has 8 heteroatoms. The Balaban J connectivity index is 0.000000322. The third-order valence-electron chi connectivity index (χ3n) is 10.6. The van der Waals surface area contributed by atoms with E-state index in [1.807, 2.05) is 6.08 Å². The number of nitrogens with zero attached hydrogens (tertiary/aromatic N) is 7. The van der Waals surface area contributed by atoms with E-state index in [1.165, 1.54) is 97.9 Å². The summed E-state index contributed by atoms with van der Waals surface area (Å²) in [6.07, 6.45) is 4.60. The van der Waals surface area contributed by atoms with E-state index in [9.17, 15) is 0 Å². The van der Waals surface area contributed by atoms with Crippen LogP contribution in [0.15, 0.2) is 12.7 Å². The summed E-state index contributed by atoms with van der Waals surface area (Å²) in [6.45, 7) is 52.8. The lowest BCUT2D eigenvalue weighted by Crippen LogP contribution is -2.56. The molecule has 286 valence electrons. The van der Waals surface area contributed by atoms with Crippen LogP contribution in [0.4, 0.5) is 0 Å². The molecule has 4 fully saturated rings. The van der Waals surface area contributed by atoms with Gasteiger partial charge in [-0.15, -0.1) is 6.58 Å². The van der Waals surface area contributed by atoms with Crippen LogP contribution in [-0.2, 0) is 0 Å². The predicted molar refractivity (Wildman–Crippen MR) is 214 cm³/mol. The number of hydrogen-bond donors (Lipinski definition) is 1. The van der Waals surface area contributed by atoms with Crippen LogP contribution in [0.5, 0.6) is 0 Å². The molecule has 0 aromatic carbocycles. The van der Waals surface area contributed by atoms with Crippen molar-refractivity contribution >= 4 is 0 Å². The Morgan fingerprint density at radius 1 is 0.542 bits per heavy atom. The molecule has 4 aliphatic rings. The van der Waals surface area contributed by atoms with Gasteiger partial charge in [-0.3, -0.25) is 24.5 Å². The van der Waals surface area contributed by atoms with Gasteiger partial charge in [0.05, 0.1) is 0 Å². The summed E-state index contributed by atoms with van der Waals surface area (Å²) in [6, 6.07) is 0.706. The maximum Gasteiger partial charge on any atom is 0.0192 e. The highest BCUT2D eigenvalue weighted by Gasteiger charge is 2.28. The molecule has 0 saturated carbocycles. The van der Waals surface area contributed by atoms with Crippen molar-refractivity contribution in [3.05, 3.63) is 12.7 Å². The Morgan fingerprint density at radius 2 is 0.979 bits per heavy atom. The molecule has 4 rings (SSSR count). The van der Waals surface area contributed by atoms with Crippen LogP contribution in [0.3, 0.4) is 0 Å². The summed E-state index contributed by atoms with van der Waals surface area (Å²) >= 11 is 0. The highest BCUT2D eigenvalue weighted by atomic mass is 15.3. The Hall–Kier alpha value is -0.580. The van der Waals surface area contributed by atoms with Crippen molar-refractivity contribution in [2.75, 3.05) is 119 Å². The fourth-order valence-corrected chi connectivity index (χ4v) is 6.72. The van der Waals surface area contributed by atoms with Crippen molar-refractivity contribution in [1.29, 1.82) is 0 Å². The molecule has 0 spiro atoms. The average molecular weight is 679 g/mol. The van der Waals surface area contributed by atoms with Gasteiger partial charge in [0.2, 0.25) is 0 Å². The molecule has 1 atom stereocenters. The maximum atomic E-state index is 3.80. The van der Waals surface area contributed by atoms with E-state index >= 15 is 0 Å². The molecule has 8 nitrogen and oxygen atoms in total. The monoisotopic (exact) mass is 679 g/mol. The van der Waals surface area contributed by atoms with Crippen molar-refractivity contribution in [2.45, 2.75) is 131 Å². The Labute approximate surface area is 301 Å². The van der Waals surface area contributed by atoms with Gasteiger partial charge >= 0.3 is 0 Å². The predicted octanol–water partition coefficient (Wildman–Crippen LogP) is 5.51. The van der Waals surface area contributed by atoms with E-state index in [-0.39, 0.29) is 0 Å². The van der Waals surface area contributed by atoms with Crippen LogP contribution >= 0.6 is 0 Å². The molecule has 0 radical (unpaired) electrons. The van der Waals surface area contributed by atoms with Crippen LogP contribution in [0.2, 0.25) is 0 Å². The minimum absolute atomic E-state index is 0.324. The molecule has 0 aliphatic carbocycles. The Bertz CT molecular complexity index is 829. The summed E-state index contributed by atoms with van der Waals surface area (Å²) in [5.74, 6) is 0. The topological polar surface area (TPSA) is 34.7 Å². The zero-order chi connectivity index (χ0) is 36.8. The minimum atomic E-state index is 0.324. The molecule has 0 aromatic heterocycles. The first-order valence-corrected chi connectivity index (χ1v) is 19.5. The third-order valence-corrected chi connectivity index (χ3v) is 10.6. The van der Waals surface area contributed by atoms with Crippen molar-refractivity contribution in [3.63, 3.8) is 0 Å². The van der Waals surface area contributed by atoms with Crippen molar-refractivity contribution in [1.82, 2.24) is 39.6 Å². The van der Waals surface area contributed by atoms with E-state index < -0.39 is 0 Å². The van der Waals surface area contributed by atoms with Gasteiger partial charge in [-0.1, -0.05) is 6.08 Å². The largest absolute Gasteiger partial charge is 0.314 e. The zero-order valence-electron chi connectivity index (χ0n) is 35.2. The molecule has 0 unspecified atom stereocenters. The van der Waals surface area contributed by atoms with Crippen molar-refractivity contribution in [3.8, 4) is 0 Å². The quantitative estimate of drug-likeness (QED) is 0.384. The van der Waals surface area contributed by atoms with Gasteiger partial charge in [-0.25, -0.2) is 0 Å². The lowest BCUT2D eigenvalue weighted by molar-refractivity contribution is 0.0415. The Kier molecular flexibility index (Phi) is 19.9. The van der Waals surface area contributed by atoms with E-state index in [4.69, 9.17) is 0 Å². The van der Waals surface area contributed by atoms with Crippen molar-refractivity contribution < 1.29 is 0 Å². The molecule has 4 heterocycles. The number of likely N-dealkylation sites (N-methyl/N-ethyl adjacent to an activating group) is 2. The summed E-state index contributed by atoms with van der Waals surface area (Å²) in [7, 11) is 4.43. The zero-order valence-corrected chi connectivity index (χ0v) is 35.2. The SMILES string of the molecule is C=CCN1CCCN(C(C)(C)C)CC1.CC(C)(C)N1CCNCC1.CN1CCCN(C(C)(C)C)CC1.C[C@@H]1CN(C(C)(C)C)CCN1C. The molecule has 0 bridgehead atoms. The van der Waals surface area contributed by atoms with Gasteiger partial charge in [-0.05, 0) is 143 Å². The Morgan fingerprint density at radius 3 is 1.42 bits per heavy atom. The van der Waals surface area contributed by atoms with Crippen LogP contribution in [0.25, 0.3) is 0 Å². The highest BCUT2D eigenvalue weighted by Crippen LogP contribution is 2.19. The summed E-state index contributed by atoms with van der Waals surface area (Å²) in [4.78, 5) is 17.6. The van der Waals surface area contributed by atoms with Gasteiger partial charge in [0.25, 0.3) is 0 Å². The molecule has 1 N–H and O–H groups in total. The molecular weight excluding hydrogens is 592 g/mol. The van der Waals surface area contributed by atoms with E-state index in [0.717, 1.165) is 19.6 Å². The normalized spacial score (nSPS) is 24.5. The van der Waals surface area contributed by atoms with Crippen LogP contribution in [-0.4, -0.2) is 181 Å². The van der Waals surface area contributed by atoms with Gasteiger partial charge < -0.3 is 15.1 Å². The number of piperazine rings is 2. The first kappa shape index (κ1) is 45.4. The molecule has 0 aromatic rings. The standard InChI is InChI=1S/C12H24N2.2C10H22N2.C8H18N2/c1-5-7-13-8-6-9-14(11-10-13)12(2,3)4;1-9-8-12(10(2,3)4)7-6-11(9)5;1-10(2,3)12-7-5-6-11(4)8-9-12;1-8(2,3)10-6-4-9-5-7-10/h5H,1,6-11H2,2-4H3;9H,6-8H2,1-5H3;5-9H2,1-4H3;9H,4-7H2,1-3H3/t;9-;;/m.1../s1.